The molecule has 1 N–H and O–H groups in total. The maximum absolute atomic E-state index is 11.6. The molecular formula is C11H16NO4PY. The second-order valence-electron chi connectivity index (χ2n) is 3.32. The molecule has 0 saturated carbocycles. The number of hydrogen-bond donors (Lipinski definition) is 1. The summed E-state index contributed by atoms with van der Waals surface area (Å²) in [7, 11) is -2.50. The Balaban J connectivity index is 0.00000289. The predicted octanol–water partition coefficient (Wildman–Crippen LogP) is 1.99. The van der Waals surface area contributed by atoms with Crippen LogP contribution >= 0.6 is 8.18 Å². The van der Waals surface area contributed by atoms with Crippen LogP contribution in [-0.4, -0.2) is 18.6 Å². The van der Waals surface area contributed by atoms with Crippen molar-refractivity contribution in [2.75, 3.05) is 6.61 Å². The minimum atomic E-state index is -2.50. The maximum Gasteiger partial charge on any atom is 0.323 e. The molecule has 2 atom stereocenters. The molecule has 0 aliphatic heterocycles. The molecule has 0 heterocycles. The largest absolute Gasteiger partial charge is 0.465 e. The van der Waals surface area contributed by atoms with Crippen molar-refractivity contribution in [3.63, 3.8) is 0 Å². The molecule has 1 rings (SSSR count). The summed E-state index contributed by atoms with van der Waals surface area (Å²) in [4.78, 5) is 11.3. The van der Waals surface area contributed by atoms with Crippen molar-refractivity contribution < 1.29 is 51.3 Å². The Morgan fingerprint density at radius 2 is 2.00 bits per heavy atom. The van der Waals surface area contributed by atoms with Gasteiger partial charge in [0.15, 0.2) is 0 Å². The van der Waals surface area contributed by atoms with Gasteiger partial charge in [-0.3, -0.25) is 9.36 Å². The van der Waals surface area contributed by atoms with Gasteiger partial charge in [-0.15, -0.1) is 0 Å². The van der Waals surface area contributed by atoms with Gasteiger partial charge in [0.1, 0.15) is 11.8 Å². The summed E-state index contributed by atoms with van der Waals surface area (Å²) < 4.78 is 21.5. The third kappa shape index (κ3) is 6.65. The van der Waals surface area contributed by atoms with E-state index in [9.17, 15) is 9.36 Å². The smallest absolute Gasteiger partial charge is 0.323 e. The Morgan fingerprint density at radius 3 is 2.56 bits per heavy atom. The third-order valence-corrected chi connectivity index (χ3v) is 3.02. The first kappa shape index (κ1) is 17.8. The Bertz CT molecular complexity index is 388. The molecule has 0 spiro atoms. The number of nitrogens with one attached hydrogen (secondary N) is 1. The average Bonchev–Trinajstić information content (AvgIpc) is 2.30. The molecule has 1 aromatic carbocycles. The summed E-state index contributed by atoms with van der Waals surface area (Å²) >= 11 is 0. The van der Waals surface area contributed by atoms with Gasteiger partial charge in [-0.1, -0.05) is 18.2 Å². The zero-order chi connectivity index (χ0) is 12.7. The van der Waals surface area contributed by atoms with E-state index in [1.54, 1.807) is 38.1 Å². The van der Waals surface area contributed by atoms with Crippen LogP contribution in [0.3, 0.4) is 0 Å². The van der Waals surface area contributed by atoms with Gasteiger partial charge >= 0.3 is 14.1 Å². The van der Waals surface area contributed by atoms with Gasteiger partial charge in [0.05, 0.1) is 6.61 Å². The zero-order valence-corrected chi connectivity index (χ0v) is 14.2. The second kappa shape index (κ2) is 9.68. The van der Waals surface area contributed by atoms with E-state index in [0.29, 0.717) is 12.4 Å². The van der Waals surface area contributed by atoms with E-state index < -0.39 is 20.2 Å². The molecule has 1 radical (unpaired) electrons. The topological polar surface area (TPSA) is 64.6 Å². The van der Waals surface area contributed by atoms with Crippen molar-refractivity contribution in [3.8, 4) is 5.75 Å². The molecular weight excluding hydrogens is 330 g/mol. The SMILES string of the molecule is CCOC(=O)C(C)N[PH](=O)Oc1ccccc1.[Y]. The van der Waals surface area contributed by atoms with Crippen LogP contribution in [0.1, 0.15) is 13.8 Å². The van der Waals surface area contributed by atoms with Crippen molar-refractivity contribution in [2.45, 2.75) is 19.9 Å². The van der Waals surface area contributed by atoms with E-state index in [4.69, 9.17) is 9.26 Å². The molecule has 0 fully saturated rings. The van der Waals surface area contributed by atoms with Crippen LogP contribution in [0.25, 0.3) is 0 Å². The summed E-state index contributed by atoms with van der Waals surface area (Å²) in [6.07, 6.45) is 0. The van der Waals surface area contributed by atoms with Crippen LogP contribution in [-0.2, 0) is 46.8 Å². The van der Waals surface area contributed by atoms with Crippen LogP contribution < -0.4 is 9.61 Å². The second-order valence-corrected chi connectivity index (χ2v) is 4.39. The van der Waals surface area contributed by atoms with Gasteiger partial charge in [0.25, 0.3) is 0 Å². The fraction of sp³-hybridized carbons (Fsp3) is 0.364. The Morgan fingerprint density at radius 1 is 1.39 bits per heavy atom. The Kier molecular flexibility index (Phi) is 9.56. The van der Waals surface area contributed by atoms with Crippen molar-refractivity contribution in [1.82, 2.24) is 5.09 Å². The van der Waals surface area contributed by atoms with Gasteiger partial charge in [-0.05, 0) is 26.0 Å². The number of carbonyl (C=O) groups is 1. The number of rotatable bonds is 6. The molecule has 5 nitrogen and oxygen atoms in total. The van der Waals surface area contributed by atoms with E-state index in [0.717, 1.165) is 0 Å². The molecule has 2 unspecified atom stereocenters. The zero-order valence-electron chi connectivity index (χ0n) is 10.4. The van der Waals surface area contributed by atoms with Crippen LogP contribution in [0.5, 0.6) is 5.75 Å². The normalized spacial score (nSPS) is 13.0. The molecule has 0 saturated heterocycles. The van der Waals surface area contributed by atoms with E-state index in [1.165, 1.54) is 0 Å². The summed E-state index contributed by atoms with van der Waals surface area (Å²) in [6.45, 7) is 3.59. The number of hydrogen-bond acceptors (Lipinski definition) is 4. The molecule has 0 bridgehead atoms. The van der Waals surface area contributed by atoms with Gasteiger partial charge in [-0.2, -0.15) is 0 Å². The fourth-order valence-electron chi connectivity index (χ4n) is 1.13. The van der Waals surface area contributed by atoms with Gasteiger partial charge < -0.3 is 9.26 Å². The monoisotopic (exact) mass is 346 g/mol. The Labute approximate surface area is 132 Å². The minimum absolute atomic E-state index is 0. The van der Waals surface area contributed by atoms with Crippen LogP contribution in [0.2, 0.25) is 0 Å². The summed E-state index contributed by atoms with van der Waals surface area (Å²) in [5.74, 6) is 0.0578. The van der Waals surface area contributed by atoms with Crippen molar-refractivity contribution >= 4 is 14.1 Å². The molecule has 0 aliphatic carbocycles. The number of esters is 1. The predicted molar refractivity (Wildman–Crippen MR) is 65.3 cm³/mol. The van der Waals surface area contributed by atoms with E-state index in [1.807, 2.05) is 6.07 Å². The van der Waals surface area contributed by atoms with Crippen molar-refractivity contribution in [2.24, 2.45) is 0 Å². The van der Waals surface area contributed by atoms with Gasteiger partial charge in [0.2, 0.25) is 0 Å². The van der Waals surface area contributed by atoms with E-state index in [2.05, 4.69) is 5.09 Å². The van der Waals surface area contributed by atoms with Gasteiger partial charge in [-0.25, -0.2) is 5.09 Å². The first-order chi connectivity index (χ1) is 8.13. The first-order valence-electron chi connectivity index (χ1n) is 5.33. The third-order valence-electron chi connectivity index (χ3n) is 1.93. The summed E-state index contributed by atoms with van der Waals surface area (Å²) in [6, 6.07) is 8.13. The fourth-order valence-corrected chi connectivity index (χ4v) is 2.01. The first-order valence-corrected chi connectivity index (χ1v) is 6.65. The number of ether oxygens (including phenoxy) is 1. The summed E-state index contributed by atoms with van der Waals surface area (Å²) in [5, 5.41) is 2.56. The quantitative estimate of drug-likeness (QED) is 0.631. The van der Waals surface area contributed by atoms with E-state index in [-0.39, 0.29) is 32.7 Å². The molecule has 1 aromatic rings. The Hall–Kier alpha value is -0.216. The van der Waals surface area contributed by atoms with Crippen LogP contribution in [0.15, 0.2) is 30.3 Å². The van der Waals surface area contributed by atoms with Crippen LogP contribution in [0, 0.1) is 0 Å². The molecule has 97 valence electrons. The van der Waals surface area contributed by atoms with Crippen LogP contribution in [0.4, 0.5) is 0 Å². The summed E-state index contributed by atoms with van der Waals surface area (Å²) in [5.41, 5.74) is 0. The van der Waals surface area contributed by atoms with E-state index >= 15 is 0 Å². The molecule has 0 amide bonds. The number of para-hydroxylation sites is 1. The van der Waals surface area contributed by atoms with Crippen molar-refractivity contribution in [3.05, 3.63) is 30.3 Å². The maximum atomic E-state index is 11.6. The number of carbonyl (C=O) groups excluding carboxylic acids is 1. The standard InChI is InChI=1S/C11H16NO4P.Y/c1-3-15-11(13)9(2)12-17(14)16-10-7-5-4-6-8-10;/h4-9,17H,3H2,1-2H3,(H,12,14);. The number of benzene rings is 1. The van der Waals surface area contributed by atoms with Crippen molar-refractivity contribution in [1.29, 1.82) is 0 Å². The molecule has 18 heavy (non-hydrogen) atoms. The average molecular weight is 346 g/mol. The minimum Gasteiger partial charge on any atom is -0.465 e. The molecule has 0 aliphatic rings. The molecule has 0 aromatic heterocycles. The van der Waals surface area contributed by atoms with Gasteiger partial charge in [0, 0.05) is 32.7 Å². The molecule has 7 heteroatoms.